The Hall–Kier alpha value is -2.50. The third-order valence-corrected chi connectivity index (χ3v) is 4.96. The molecule has 1 saturated heterocycles. The average Bonchev–Trinajstić information content (AvgIpc) is 3.21. The number of methoxy groups -OCH3 is 2. The van der Waals surface area contributed by atoms with Crippen LogP contribution in [0.5, 0.6) is 11.5 Å². The van der Waals surface area contributed by atoms with Crippen LogP contribution in [0.2, 0.25) is 5.02 Å². The highest BCUT2D eigenvalue weighted by atomic mass is 35.5. The number of carbonyl (C=O) groups excluding carboxylic acids is 1. The molecule has 1 atom stereocenters. The highest BCUT2D eigenvalue weighted by Gasteiger charge is 2.24. The molecule has 0 saturated carbocycles. The Morgan fingerprint density at radius 1 is 1.18 bits per heavy atom. The lowest BCUT2D eigenvalue weighted by atomic mass is 10.2. The van der Waals surface area contributed by atoms with Crippen molar-refractivity contribution in [3.05, 3.63) is 64.7 Å². The fourth-order valence-electron chi connectivity index (χ4n) is 3.04. The van der Waals surface area contributed by atoms with Gasteiger partial charge in [-0.1, -0.05) is 29.8 Å². The van der Waals surface area contributed by atoms with Gasteiger partial charge in [-0.05, 0) is 47.9 Å². The molecule has 0 aliphatic carbocycles. The van der Waals surface area contributed by atoms with Crippen molar-refractivity contribution in [1.29, 1.82) is 0 Å². The Kier molecular flexibility index (Phi) is 6.95. The van der Waals surface area contributed by atoms with Gasteiger partial charge in [-0.25, -0.2) is 0 Å². The maximum absolute atomic E-state index is 12.3. The van der Waals surface area contributed by atoms with Crippen molar-refractivity contribution >= 4 is 23.6 Å². The van der Waals surface area contributed by atoms with Crippen LogP contribution in [0.15, 0.2) is 48.5 Å². The van der Waals surface area contributed by atoms with E-state index < -0.39 is 0 Å². The van der Waals surface area contributed by atoms with Crippen molar-refractivity contribution < 1.29 is 19.0 Å². The summed E-state index contributed by atoms with van der Waals surface area (Å²) in [5.41, 5.74) is 1.88. The van der Waals surface area contributed by atoms with E-state index in [1.807, 2.05) is 42.5 Å². The number of amides is 1. The lowest BCUT2D eigenvalue weighted by Gasteiger charge is -2.14. The summed E-state index contributed by atoms with van der Waals surface area (Å²) in [7, 11) is 3.27. The molecule has 0 bridgehead atoms. The maximum atomic E-state index is 12.3. The number of likely N-dealkylation sites (tertiary alicyclic amines) is 1. The Morgan fingerprint density at radius 2 is 1.96 bits per heavy atom. The van der Waals surface area contributed by atoms with Gasteiger partial charge in [-0.15, -0.1) is 0 Å². The Labute approximate surface area is 170 Å². The quantitative estimate of drug-likeness (QED) is 0.653. The summed E-state index contributed by atoms with van der Waals surface area (Å²) in [6, 6.07) is 13.1. The second kappa shape index (κ2) is 9.62. The van der Waals surface area contributed by atoms with E-state index in [0.29, 0.717) is 29.7 Å². The summed E-state index contributed by atoms with van der Waals surface area (Å²) in [5.74, 6) is 1.24. The van der Waals surface area contributed by atoms with Gasteiger partial charge < -0.3 is 19.1 Å². The van der Waals surface area contributed by atoms with Crippen LogP contribution in [0.25, 0.3) is 6.08 Å². The van der Waals surface area contributed by atoms with Crippen molar-refractivity contribution in [1.82, 2.24) is 4.90 Å². The minimum Gasteiger partial charge on any atom is -0.493 e. The molecule has 6 heteroatoms. The van der Waals surface area contributed by atoms with Gasteiger partial charge >= 0.3 is 0 Å². The van der Waals surface area contributed by atoms with Crippen LogP contribution in [0.4, 0.5) is 0 Å². The molecular weight excluding hydrogens is 378 g/mol. The van der Waals surface area contributed by atoms with Gasteiger partial charge in [0.2, 0.25) is 5.91 Å². The van der Waals surface area contributed by atoms with Crippen molar-refractivity contribution in [3.8, 4) is 11.5 Å². The van der Waals surface area contributed by atoms with Crippen molar-refractivity contribution in [2.45, 2.75) is 19.1 Å². The van der Waals surface area contributed by atoms with E-state index in [2.05, 4.69) is 0 Å². The molecule has 3 rings (SSSR count). The van der Waals surface area contributed by atoms with Gasteiger partial charge in [0.25, 0.3) is 0 Å². The van der Waals surface area contributed by atoms with Crippen molar-refractivity contribution in [2.24, 2.45) is 0 Å². The molecule has 0 spiro atoms. The Bertz CT molecular complexity index is 835. The first kappa shape index (κ1) is 20.2. The van der Waals surface area contributed by atoms with Crippen LogP contribution in [-0.2, 0) is 16.1 Å². The summed E-state index contributed by atoms with van der Waals surface area (Å²) in [4.78, 5) is 14.1. The number of hydrogen-bond donors (Lipinski definition) is 0. The second-order valence-corrected chi connectivity index (χ2v) is 7.03. The first-order chi connectivity index (χ1) is 13.6. The standard InChI is InChI=1S/C22H24ClNO4/c1-26-19-11-12-24(14-19)22(25)10-6-16-5-9-20(21(13-16)27-2)28-15-17-3-7-18(23)8-4-17/h3-10,13,19H,11-12,14-15H2,1-2H3/b10-6+. The van der Waals surface area contributed by atoms with E-state index in [9.17, 15) is 4.79 Å². The van der Waals surface area contributed by atoms with E-state index in [1.54, 1.807) is 31.3 Å². The summed E-state index contributed by atoms with van der Waals surface area (Å²) in [6.45, 7) is 1.78. The van der Waals surface area contributed by atoms with Gasteiger partial charge in [0, 0.05) is 31.3 Å². The molecule has 0 aromatic heterocycles. The SMILES string of the molecule is COc1cc(/C=C/C(=O)N2CCC(OC)C2)ccc1OCc1ccc(Cl)cc1. The van der Waals surface area contributed by atoms with E-state index in [0.717, 1.165) is 24.1 Å². The van der Waals surface area contributed by atoms with Crippen molar-refractivity contribution in [2.75, 3.05) is 27.3 Å². The monoisotopic (exact) mass is 401 g/mol. The minimum atomic E-state index is -0.0124. The fourth-order valence-corrected chi connectivity index (χ4v) is 3.17. The largest absolute Gasteiger partial charge is 0.493 e. The van der Waals surface area contributed by atoms with E-state index >= 15 is 0 Å². The summed E-state index contributed by atoms with van der Waals surface area (Å²) in [5, 5.41) is 0.693. The van der Waals surface area contributed by atoms with Gasteiger partial charge in [0.1, 0.15) is 6.61 Å². The lowest BCUT2D eigenvalue weighted by molar-refractivity contribution is -0.125. The van der Waals surface area contributed by atoms with Crippen LogP contribution >= 0.6 is 11.6 Å². The molecule has 28 heavy (non-hydrogen) atoms. The first-order valence-corrected chi connectivity index (χ1v) is 9.52. The van der Waals surface area contributed by atoms with Crippen LogP contribution in [0.1, 0.15) is 17.5 Å². The van der Waals surface area contributed by atoms with Gasteiger partial charge in [-0.2, -0.15) is 0 Å². The number of rotatable bonds is 7. The molecule has 1 heterocycles. The third-order valence-electron chi connectivity index (χ3n) is 4.70. The molecule has 148 valence electrons. The van der Waals surface area contributed by atoms with E-state index in [-0.39, 0.29) is 12.0 Å². The summed E-state index contributed by atoms with van der Waals surface area (Å²) < 4.78 is 16.6. The smallest absolute Gasteiger partial charge is 0.246 e. The molecule has 1 aliphatic rings. The highest BCUT2D eigenvalue weighted by Crippen LogP contribution is 2.29. The second-order valence-electron chi connectivity index (χ2n) is 6.59. The zero-order valence-electron chi connectivity index (χ0n) is 16.1. The Morgan fingerprint density at radius 3 is 2.64 bits per heavy atom. The fraction of sp³-hybridized carbons (Fsp3) is 0.318. The number of hydrogen-bond acceptors (Lipinski definition) is 4. The van der Waals surface area contributed by atoms with Crippen LogP contribution < -0.4 is 9.47 Å². The summed E-state index contributed by atoms with van der Waals surface area (Å²) in [6.07, 6.45) is 4.38. The molecule has 2 aromatic carbocycles. The number of benzene rings is 2. The number of halogens is 1. The number of ether oxygens (including phenoxy) is 3. The molecule has 5 nitrogen and oxygen atoms in total. The number of carbonyl (C=O) groups is 1. The zero-order valence-corrected chi connectivity index (χ0v) is 16.8. The average molecular weight is 402 g/mol. The minimum absolute atomic E-state index is 0.0124. The molecule has 1 aliphatic heterocycles. The van der Waals surface area contributed by atoms with E-state index in [1.165, 1.54) is 0 Å². The van der Waals surface area contributed by atoms with Crippen LogP contribution in [-0.4, -0.2) is 44.2 Å². The molecule has 1 amide bonds. The molecular formula is C22H24ClNO4. The first-order valence-electron chi connectivity index (χ1n) is 9.14. The normalized spacial score (nSPS) is 16.5. The summed E-state index contributed by atoms with van der Waals surface area (Å²) >= 11 is 5.90. The molecule has 0 radical (unpaired) electrons. The number of nitrogens with zero attached hydrogens (tertiary/aromatic N) is 1. The molecule has 2 aromatic rings. The van der Waals surface area contributed by atoms with Gasteiger partial charge in [-0.3, -0.25) is 4.79 Å². The predicted molar refractivity (Wildman–Crippen MR) is 110 cm³/mol. The van der Waals surface area contributed by atoms with Crippen LogP contribution in [0, 0.1) is 0 Å². The predicted octanol–water partition coefficient (Wildman–Crippen LogP) is 4.19. The van der Waals surface area contributed by atoms with Crippen molar-refractivity contribution in [3.63, 3.8) is 0 Å². The zero-order chi connectivity index (χ0) is 19.9. The van der Waals surface area contributed by atoms with Crippen LogP contribution in [0.3, 0.4) is 0 Å². The Balaban J connectivity index is 1.62. The lowest BCUT2D eigenvalue weighted by Crippen LogP contribution is -2.28. The molecule has 0 N–H and O–H groups in total. The highest BCUT2D eigenvalue weighted by molar-refractivity contribution is 6.30. The van der Waals surface area contributed by atoms with E-state index in [4.69, 9.17) is 25.8 Å². The van der Waals surface area contributed by atoms with Gasteiger partial charge in [0.15, 0.2) is 11.5 Å². The maximum Gasteiger partial charge on any atom is 0.246 e. The molecule has 1 fully saturated rings. The third kappa shape index (κ3) is 5.27. The van der Waals surface area contributed by atoms with Gasteiger partial charge in [0.05, 0.1) is 13.2 Å². The topological polar surface area (TPSA) is 48.0 Å². The molecule has 1 unspecified atom stereocenters.